The molecule has 0 saturated carbocycles. The highest BCUT2D eigenvalue weighted by Gasteiger charge is 2.19. The number of ether oxygens (including phenoxy) is 3. The van der Waals surface area contributed by atoms with Crippen LogP contribution in [0.5, 0.6) is 0 Å². The van der Waals surface area contributed by atoms with Crippen molar-refractivity contribution in [1.82, 2.24) is 0 Å². The van der Waals surface area contributed by atoms with Crippen LogP contribution >= 0.6 is 0 Å². The van der Waals surface area contributed by atoms with Gasteiger partial charge in [-0.25, -0.2) is 0 Å². The standard InChI is InChI=1S/C59H96O6/c1-4-7-10-13-16-19-22-25-28-29-32-34-37-40-43-46-49-52-58(61)64-55-56(65-59(62)53-50-47-44-41-38-35-31-27-24-21-18-15-12-9-6-3)54-63-57(60)51-48-45-42-39-36-33-30-26-23-20-17-14-11-8-5-2/h7-12,16-21,25-28,30-31,56H,4-6,13-15,22-24,29,32-55H2,1-3H3/b10-7-,11-8-,12-9-,19-16-,20-17-,21-18-,28-25-,30-26-,31-27-. The largest absolute Gasteiger partial charge is 0.462 e. The average molecular weight is 901 g/mol. The fourth-order valence-corrected chi connectivity index (χ4v) is 6.90. The number of unbranched alkanes of at least 4 members (excludes halogenated alkanes) is 17. The molecule has 0 aliphatic rings. The molecule has 65 heavy (non-hydrogen) atoms. The van der Waals surface area contributed by atoms with Crippen LogP contribution in [0.3, 0.4) is 0 Å². The Morgan fingerprint density at radius 3 is 0.862 bits per heavy atom. The number of carbonyl (C=O) groups is 3. The van der Waals surface area contributed by atoms with Gasteiger partial charge in [-0.2, -0.15) is 0 Å². The minimum atomic E-state index is -0.800. The first kappa shape index (κ1) is 61.1. The van der Waals surface area contributed by atoms with Gasteiger partial charge in [0.15, 0.2) is 6.10 Å². The number of rotatable bonds is 46. The highest BCUT2D eigenvalue weighted by molar-refractivity contribution is 5.71. The monoisotopic (exact) mass is 901 g/mol. The smallest absolute Gasteiger partial charge is 0.306 e. The predicted molar refractivity (Wildman–Crippen MR) is 279 cm³/mol. The Balaban J connectivity index is 4.47. The second-order valence-corrected chi connectivity index (χ2v) is 17.0. The van der Waals surface area contributed by atoms with Crippen molar-refractivity contribution in [2.75, 3.05) is 13.2 Å². The first-order chi connectivity index (χ1) is 32.0. The number of hydrogen-bond donors (Lipinski definition) is 0. The normalized spacial score (nSPS) is 13.0. The van der Waals surface area contributed by atoms with E-state index < -0.39 is 6.10 Å². The van der Waals surface area contributed by atoms with Crippen LogP contribution in [-0.4, -0.2) is 37.2 Å². The minimum Gasteiger partial charge on any atom is -0.462 e. The number of hydrogen-bond acceptors (Lipinski definition) is 6. The van der Waals surface area contributed by atoms with E-state index in [-0.39, 0.29) is 31.1 Å². The van der Waals surface area contributed by atoms with Crippen LogP contribution in [0.15, 0.2) is 109 Å². The maximum atomic E-state index is 12.8. The third-order valence-corrected chi connectivity index (χ3v) is 10.8. The topological polar surface area (TPSA) is 78.9 Å². The molecule has 0 aliphatic carbocycles. The quantitative estimate of drug-likeness (QED) is 0.0262. The van der Waals surface area contributed by atoms with Crippen LogP contribution in [0, 0.1) is 0 Å². The molecule has 0 N–H and O–H groups in total. The maximum absolute atomic E-state index is 12.8. The van der Waals surface area contributed by atoms with E-state index >= 15 is 0 Å². The molecule has 0 aromatic rings. The first-order valence-corrected chi connectivity index (χ1v) is 26.4. The molecule has 1 unspecified atom stereocenters. The Morgan fingerprint density at radius 2 is 0.554 bits per heavy atom. The van der Waals surface area contributed by atoms with Gasteiger partial charge in [-0.1, -0.05) is 201 Å². The second kappa shape index (κ2) is 52.7. The summed E-state index contributed by atoms with van der Waals surface area (Å²) in [5.74, 6) is -0.945. The van der Waals surface area contributed by atoms with Crippen molar-refractivity contribution in [1.29, 1.82) is 0 Å². The van der Waals surface area contributed by atoms with E-state index in [0.29, 0.717) is 19.3 Å². The van der Waals surface area contributed by atoms with Crippen LogP contribution in [0.25, 0.3) is 0 Å². The lowest BCUT2D eigenvalue weighted by Gasteiger charge is -2.18. The lowest BCUT2D eigenvalue weighted by atomic mass is 10.1. The molecule has 0 radical (unpaired) electrons. The molecule has 0 fully saturated rings. The summed E-state index contributed by atoms with van der Waals surface area (Å²) in [6.07, 6.45) is 70.7. The summed E-state index contributed by atoms with van der Waals surface area (Å²) in [6.45, 7) is 6.26. The van der Waals surface area contributed by atoms with Gasteiger partial charge in [0, 0.05) is 19.3 Å². The summed E-state index contributed by atoms with van der Waals surface area (Å²) in [7, 11) is 0. The number of allylic oxidation sites excluding steroid dienone is 18. The fourth-order valence-electron chi connectivity index (χ4n) is 6.90. The molecule has 0 saturated heterocycles. The lowest BCUT2D eigenvalue weighted by molar-refractivity contribution is -0.167. The maximum Gasteiger partial charge on any atom is 0.306 e. The highest BCUT2D eigenvalue weighted by Crippen LogP contribution is 2.14. The van der Waals surface area contributed by atoms with Gasteiger partial charge in [-0.15, -0.1) is 0 Å². The van der Waals surface area contributed by atoms with Crippen molar-refractivity contribution in [2.45, 2.75) is 232 Å². The van der Waals surface area contributed by atoms with E-state index in [0.717, 1.165) is 161 Å². The Kier molecular flexibility index (Phi) is 49.5. The van der Waals surface area contributed by atoms with Crippen LogP contribution < -0.4 is 0 Å². The predicted octanol–water partition coefficient (Wildman–Crippen LogP) is 17.5. The van der Waals surface area contributed by atoms with Crippen LogP contribution in [-0.2, 0) is 28.6 Å². The van der Waals surface area contributed by atoms with E-state index in [9.17, 15) is 14.4 Å². The van der Waals surface area contributed by atoms with Gasteiger partial charge in [0.1, 0.15) is 13.2 Å². The zero-order valence-corrected chi connectivity index (χ0v) is 42.0. The van der Waals surface area contributed by atoms with Crippen molar-refractivity contribution in [3.63, 3.8) is 0 Å². The van der Waals surface area contributed by atoms with Gasteiger partial charge in [0.05, 0.1) is 0 Å². The number of esters is 3. The molecular weight excluding hydrogens is 805 g/mol. The van der Waals surface area contributed by atoms with Crippen molar-refractivity contribution >= 4 is 17.9 Å². The minimum absolute atomic E-state index is 0.0981. The van der Waals surface area contributed by atoms with Crippen molar-refractivity contribution in [3.05, 3.63) is 109 Å². The lowest BCUT2D eigenvalue weighted by Crippen LogP contribution is -2.30. The molecule has 0 bridgehead atoms. The Morgan fingerprint density at radius 1 is 0.308 bits per heavy atom. The summed E-state index contributed by atoms with van der Waals surface area (Å²) in [5.41, 5.74) is 0. The van der Waals surface area contributed by atoms with E-state index in [1.54, 1.807) is 0 Å². The highest BCUT2D eigenvalue weighted by atomic mass is 16.6. The molecule has 0 aliphatic heterocycles. The van der Waals surface area contributed by atoms with Gasteiger partial charge in [0.25, 0.3) is 0 Å². The van der Waals surface area contributed by atoms with E-state index in [1.807, 2.05) is 0 Å². The Hall–Kier alpha value is -3.93. The van der Waals surface area contributed by atoms with Gasteiger partial charge >= 0.3 is 17.9 Å². The summed E-state index contributed by atoms with van der Waals surface area (Å²) in [6, 6.07) is 0. The molecule has 0 aromatic heterocycles. The molecule has 0 rings (SSSR count). The summed E-state index contributed by atoms with van der Waals surface area (Å²) >= 11 is 0. The van der Waals surface area contributed by atoms with Gasteiger partial charge in [-0.3, -0.25) is 14.4 Å². The molecule has 1 atom stereocenters. The third-order valence-electron chi connectivity index (χ3n) is 10.8. The average Bonchev–Trinajstić information content (AvgIpc) is 3.30. The summed E-state index contributed by atoms with van der Waals surface area (Å²) in [4.78, 5) is 38.1. The van der Waals surface area contributed by atoms with Crippen molar-refractivity contribution in [2.24, 2.45) is 0 Å². The zero-order chi connectivity index (χ0) is 47.2. The van der Waals surface area contributed by atoms with E-state index in [4.69, 9.17) is 14.2 Å². The zero-order valence-electron chi connectivity index (χ0n) is 42.0. The van der Waals surface area contributed by atoms with E-state index in [2.05, 4.69) is 130 Å². The van der Waals surface area contributed by atoms with Crippen LogP contribution in [0.1, 0.15) is 226 Å². The molecule has 0 spiro atoms. The molecule has 0 amide bonds. The van der Waals surface area contributed by atoms with Gasteiger partial charge < -0.3 is 14.2 Å². The summed E-state index contributed by atoms with van der Waals surface area (Å²) < 4.78 is 16.8. The molecule has 0 aromatic carbocycles. The first-order valence-electron chi connectivity index (χ1n) is 26.4. The van der Waals surface area contributed by atoms with Crippen LogP contribution in [0.4, 0.5) is 0 Å². The Bertz CT molecular complexity index is 1360. The summed E-state index contributed by atoms with van der Waals surface area (Å²) in [5, 5.41) is 0. The van der Waals surface area contributed by atoms with Gasteiger partial charge in [0.2, 0.25) is 0 Å². The third kappa shape index (κ3) is 50.9. The van der Waals surface area contributed by atoms with Crippen molar-refractivity contribution < 1.29 is 28.6 Å². The number of carbonyl (C=O) groups excluding carboxylic acids is 3. The Labute approximate surface area is 400 Å². The molecule has 6 nitrogen and oxygen atoms in total. The van der Waals surface area contributed by atoms with Crippen LogP contribution in [0.2, 0.25) is 0 Å². The van der Waals surface area contributed by atoms with Gasteiger partial charge in [-0.05, 0) is 116 Å². The fraction of sp³-hybridized carbons (Fsp3) is 0.644. The van der Waals surface area contributed by atoms with Crippen molar-refractivity contribution in [3.8, 4) is 0 Å². The molecule has 368 valence electrons. The SMILES string of the molecule is CC/C=C\C/C=C\C/C=C\CCCCCCCCCC(=O)OCC(COC(=O)CCCCCCC/C=C\C/C=C\C/C=C\CC)OC(=O)CCCCCCC/C=C\C/C=C\C/C=C\CC. The molecule has 6 heteroatoms. The molecular formula is C59H96O6. The second-order valence-electron chi connectivity index (χ2n) is 17.0. The van der Waals surface area contributed by atoms with E-state index in [1.165, 1.54) is 25.7 Å². The molecule has 0 heterocycles.